The van der Waals surface area contributed by atoms with Crippen molar-refractivity contribution in [3.8, 4) is 0 Å². The van der Waals surface area contributed by atoms with E-state index in [1.54, 1.807) is 4.90 Å². The van der Waals surface area contributed by atoms with Crippen molar-refractivity contribution in [2.75, 3.05) is 19.7 Å². The maximum Gasteiger partial charge on any atom is 0.227 e. The first-order valence-electron chi connectivity index (χ1n) is 9.93. The molecule has 2 aliphatic rings. The Morgan fingerprint density at radius 2 is 1.90 bits per heavy atom. The number of hydrogen-bond donors (Lipinski definition) is 3. The minimum atomic E-state index is -0.603. The molecule has 1 saturated heterocycles. The average Bonchev–Trinajstić information content (AvgIpc) is 3.24. The lowest BCUT2D eigenvalue weighted by Crippen LogP contribution is -2.49. The van der Waals surface area contributed by atoms with E-state index in [1.807, 2.05) is 19.1 Å². The van der Waals surface area contributed by atoms with Crippen molar-refractivity contribution in [3.63, 3.8) is 0 Å². The van der Waals surface area contributed by atoms with Gasteiger partial charge < -0.3 is 10.0 Å². The summed E-state index contributed by atoms with van der Waals surface area (Å²) in [6.07, 6.45) is 0.302. The molecule has 7 heteroatoms. The van der Waals surface area contributed by atoms with Crippen molar-refractivity contribution in [3.05, 3.63) is 70.3 Å². The molecule has 4 rings (SSSR count). The molecule has 2 heterocycles. The van der Waals surface area contributed by atoms with Gasteiger partial charge in [0.2, 0.25) is 5.91 Å². The van der Waals surface area contributed by atoms with E-state index in [-0.39, 0.29) is 30.5 Å². The number of nitrogens with one attached hydrogen (secondary N) is 2. The number of carbonyl (C=O) groups is 1. The van der Waals surface area contributed by atoms with Gasteiger partial charge in [0.1, 0.15) is 11.6 Å². The fourth-order valence-corrected chi connectivity index (χ4v) is 4.62. The molecule has 0 unspecified atom stereocenters. The number of rotatable bonds is 4. The van der Waals surface area contributed by atoms with Crippen molar-refractivity contribution < 1.29 is 18.7 Å². The lowest BCUT2D eigenvalue weighted by Gasteiger charge is -2.42. The second-order valence-electron chi connectivity index (χ2n) is 7.80. The number of halogens is 2. The largest absolute Gasteiger partial charge is 0.394 e. The second-order valence-corrected chi connectivity index (χ2v) is 7.80. The van der Waals surface area contributed by atoms with E-state index in [2.05, 4.69) is 16.9 Å². The number of hydrogen-bond acceptors (Lipinski definition) is 4. The van der Waals surface area contributed by atoms with E-state index >= 15 is 0 Å². The summed E-state index contributed by atoms with van der Waals surface area (Å²) in [6, 6.07) is 8.58. The van der Waals surface area contributed by atoms with Crippen LogP contribution in [0, 0.1) is 11.6 Å². The molecular formula is C22H25F2N3O2. The van der Waals surface area contributed by atoms with Gasteiger partial charge in [-0.3, -0.25) is 15.6 Å². The van der Waals surface area contributed by atoms with Crippen LogP contribution < -0.4 is 10.9 Å². The van der Waals surface area contributed by atoms with E-state index in [1.165, 1.54) is 11.1 Å². The Bertz CT molecular complexity index is 915. The summed E-state index contributed by atoms with van der Waals surface area (Å²) in [5.41, 5.74) is 9.78. The third kappa shape index (κ3) is 3.77. The standard InChI is InChI=1S/C22H25F2N3O2/c1-13-18-3-2-4-19(15-10-25-26-11-15)20(18)9-17(12-28)27(13)22(29)8-14-7-16(23)5-6-21(14)24/h2-7,13,15,17,25-26,28H,8-12H2,1H3/t13-,17+/m0/s1. The SMILES string of the molecule is C[C@H]1c2cccc(C3CNNC3)c2C[C@H](CO)N1C(=O)Cc1cc(F)ccc1F. The summed E-state index contributed by atoms with van der Waals surface area (Å²) in [5.74, 6) is -1.16. The van der Waals surface area contributed by atoms with Gasteiger partial charge in [-0.2, -0.15) is 0 Å². The minimum absolute atomic E-state index is 0.0292. The van der Waals surface area contributed by atoms with Crippen LogP contribution in [0.4, 0.5) is 8.78 Å². The zero-order valence-electron chi connectivity index (χ0n) is 16.3. The first-order chi connectivity index (χ1) is 14.0. The molecule has 2 aromatic rings. The molecular weight excluding hydrogens is 376 g/mol. The highest BCUT2D eigenvalue weighted by Gasteiger charge is 2.37. The fraction of sp³-hybridized carbons (Fsp3) is 0.409. The molecule has 0 saturated carbocycles. The Hall–Kier alpha value is -2.35. The molecule has 154 valence electrons. The van der Waals surface area contributed by atoms with Gasteiger partial charge in [-0.25, -0.2) is 8.78 Å². The minimum Gasteiger partial charge on any atom is -0.394 e. The normalized spacial score (nSPS) is 22.0. The number of nitrogens with zero attached hydrogens (tertiary/aromatic N) is 1. The average molecular weight is 401 g/mol. The van der Waals surface area contributed by atoms with E-state index in [0.29, 0.717) is 12.3 Å². The van der Waals surface area contributed by atoms with Gasteiger partial charge in [0, 0.05) is 24.6 Å². The Labute approximate surface area is 168 Å². The van der Waals surface area contributed by atoms with Crippen LogP contribution in [-0.4, -0.2) is 41.7 Å². The van der Waals surface area contributed by atoms with Gasteiger partial charge in [-0.05, 0) is 48.2 Å². The second kappa shape index (κ2) is 8.18. The highest BCUT2D eigenvalue weighted by molar-refractivity contribution is 5.80. The lowest BCUT2D eigenvalue weighted by atomic mass is 9.82. The molecule has 5 nitrogen and oxygen atoms in total. The van der Waals surface area contributed by atoms with E-state index in [0.717, 1.165) is 36.9 Å². The third-order valence-corrected chi connectivity index (χ3v) is 6.06. The number of aliphatic hydroxyl groups is 1. The molecule has 0 aliphatic carbocycles. The van der Waals surface area contributed by atoms with E-state index in [9.17, 15) is 18.7 Å². The summed E-state index contributed by atoms with van der Waals surface area (Å²) >= 11 is 0. The molecule has 0 bridgehead atoms. The van der Waals surface area contributed by atoms with Gasteiger partial charge in [0.15, 0.2) is 0 Å². The summed E-state index contributed by atoms with van der Waals surface area (Å²) in [4.78, 5) is 14.7. The summed E-state index contributed by atoms with van der Waals surface area (Å²) in [5, 5.41) is 10.0. The topological polar surface area (TPSA) is 64.6 Å². The Morgan fingerprint density at radius 1 is 1.17 bits per heavy atom. The van der Waals surface area contributed by atoms with Crippen LogP contribution in [0.2, 0.25) is 0 Å². The maximum atomic E-state index is 14.0. The van der Waals surface area contributed by atoms with Gasteiger partial charge in [0.25, 0.3) is 0 Å². The summed E-state index contributed by atoms with van der Waals surface area (Å²) < 4.78 is 27.5. The molecule has 1 amide bonds. The number of aliphatic hydroxyl groups excluding tert-OH is 1. The first-order valence-corrected chi connectivity index (χ1v) is 9.93. The van der Waals surface area contributed by atoms with Crippen LogP contribution in [0.1, 0.15) is 41.1 Å². The smallest absolute Gasteiger partial charge is 0.227 e. The molecule has 2 atom stereocenters. The Balaban J connectivity index is 1.64. The number of fused-ring (bicyclic) bond motifs is 1. The van der Waals surface area contributed by atoms with Gasteiger partial charge in [0.05, 0.1) is 25.1 Å². The predicted octanol–water partition coefficient (Wildman–Crippen LogP) is 2.21. The molecule has 1 fully saturated rings. The van der Waals surface area contributed by atoms with Crippen LogP contribution in [-0.2, 0) is 17.6 Å². The number of amides is 1. The molecule has 0 radical (unpaired) electrons. The monoisotopic (exact) mass is 401 g/mol. The Kier molecular flexibility index (Phi) is 5.63. The van der Waals surface area contributed by atoms with Crippen molar-refractivity contribution in [1.29, 1.82) is 0 Å². The Morgan fingerprint density at radius 3 is 2.62 bits per heavy atom. The maximum absolute atomic E-state index is 14.0. The molecule has 0 aromatic heterocycles. The fourth-order valence-electron chi connectivity index (χ4n) is 4.62. The highest BCUT2D eigenvalue weighted by Crippen LogP contribution is 2.37. The molecule has 3 N–H and O–H groups in total. The van der Waals surface area contributed by atoms with Gasteiger partial charge in [-0.1, -0.05) is 18.2 Å². The summed E-state index contributed by atoms with van der Waals surface area (Å²) in [6.45, 7) is 3.40. The number of benzene rings is 2. The molecule has 2 aromatic carbocycles. The highest BCUT2D eigenvalue weighted by atomic mass is 19.1. The van der Waals surface area contributed by atoms with E-state index < -0.39 is 17.7 Å². The van der Waals surface area contributed by atoms with Gasteiger partial charge in [-0.15, -0.1) is 0 Å². The molecule has 0 spiro atoms. The van der Waals surface area contributed by atoms with Crippen LogP contribution in [0.5, 0.6) is 0 Å². The van der Waals surface area contributed by atoms with Gasteiger partial charge >= 0.3 is 0 Å². The van der Waals surface area contributed by atoms with Crippen LogP contribution in [0.3, 0.4) is 0 Å². The quantitative estimate of drug-likeness (QED) is 0.735. The lowest BCUT2D eigenvalue weighted by molar-refractivity contribution is -0.137. The van der Waals surface area contributed by atoms with Crippen LogP contribution >= 0.6 is 0 Å². The zero-order valence-corrected chi connectivity index (χ0v) is 16.3. The van der Waals surface area contributed by atoms with E-state index in [4.69, 9.17) is 0 Å². The van der Waals surface area contributed by atoms with Crippen molar-refractivity contribution in [1.82, 2.24) is 15.8 Å². The van der Waals surface area contributed by atoms with Crippen molar-refractivity contribution in [2.24, 2.45) is 0 Å². The predicted molar refractivity (Wildman–Crippen MR) is 105 cm³/mol. The number of carbonyl (C=O) groups excluding carboxylic acids is 1. The zero-order chi connectivity index (χ0) is 20.5. The first kappa shape index (κ1) is 19.9. The number of hydrazine groups is 1. The van der Waals surface area contributed by atoms with Crippen LogP contribution in [0.15, 0.2) is 36.4 Å². The molecule has 2 aliphatic heterocycles. The third-order valence-electron chi connectivity index (χ3n) is 6.06. The van der Waals surface area contributed by atoms with Crippen LogP contribution in [0.25, 0.3) is 0 Å². The summed E-state index contributed by atoms with van der Waals surface area (Å²) in [7, 11) is 0. The molecule has 29 heavy (non-hydrogen) atoms. The van der Waals surface area contributed by atoms with Crippen molar-refractivity contribution in [2.45, 2.75) is 37.8 Å². The van der Waals surface area contributed by atoms with Crippen molar-refractivity contribution >= 4 is 5.91 Å².